The average molecular weight is 290 g/mol. The number of rotatable bonds is 4. The highest BCUT2D eigenvalue weighted by Crippen LogP contribution is 2.60. The molecule has 20 heavy (non-hydrogen) atoms. The molecule has 3 unspecified atom stereocenters. The van der Waals surface area contributed by atoms with Crippen LogP contribution in [0.25, 0.3) is 0 Å². The van der Waals surface area contributed by atoms with Crippen LogP contribution in [-0.2, 0) is 11.2 Å². The molecule has 106 valence electrons. The lowest BCUT2D eigenvalue weighted by atomic mass is 9.92. The maximum atomic E-state index is 12.8. The molecule has 0 bridgehead atoms. The minimum absolute atomic E-state index is 0.238. The molecule has 0 spiro atoms. The summed E-state index contributed by atoms with van der Waals surface area (Å²) in [4.78, 5) is 14.9. The molecule has 2 fully saturated rings. The number of carbonyl (C=O) groups is 1. The highest BCUT2D eigenvalue weighted by atomic mass is 35.5. The van der Waals surface area contributed by atoms with Crippen molar-refractivity contribution in [3.05, 3.63) is 35.4 Å². The second-order valence-corrected chi connectivity index (χ2v) is 6.78. The molecular weight excluding hydrogens is 270 g/mol. The van der Waals surface area contributed by atoms with Crippen molar-refractivity contribution in [1.82, 2.24) is 4.90 Å². The summed E-state index contributed by atoms with van der Waals surface area (Å²) in [5.41, 5.74) is 2.89. The Morgan fingerprint density at radius 1 is 1.25 bits per heavy atom. The standard InChI is InChI=1S/C17H20ClNO/c18-9-10-19(12-6-7-12)17(20)16-14-8-5-11-3-1-2-4-13(11)15(14)16/h1-4,12,14-16H,5-10H2. The van der Waals surface area contributed by atoms with Crippen molar-refractivity contribution in [2.75, 3.05) is 12.4 Å². The molecule has 0 heterocycles. The number of nitrogens with zero attached hydrogens (tertiary/aromatic N) is 1. The van der Waals surface area contributed by atoms with Crippen molar-refractivity contribution in [3.63, 3.8) is 0 Å². The first-order valence-corrected chi connectivity index (χ1v) is 8.29. The predicted molar refractivity (Wildman–Crippen MR) is 79.9 cm³/mol. The zero-order valence-corrected chi connectivity index (χ0v) is 12.4. The summed E-state index contributed by atoms with van der Waals surface area (Å²) < 4.78 is 0. The number of halogens is 1. The summed E-state index contributed by atoms with van der Waals surface area (Å²) in [5, 5.41) is 0. The topological polar surface area (TPSA) is 20.3 Å². The number of benzene rings is 1. The molecular formula is C17H20ClNO. The fourth-order valence-electron chi connectivity index (χ4n) is 4.04. The molecule has 2 nitrogen and oxygen atoms in total. The van der Waals surface area contributed by atoms with Gasteiger partial charge in [0.2, 0.25) is 5.91 Å². The van der Waals surface area contributed by atoms with Crippen LogP contribution in [0.1, 0.15) is 36.3 Å². The number of amides is 1. The van der Waals surface area contributed by atoms with Crippen molar-refractivity contribution in [3.8, 4) is 0 Å². The maximum Gasteiger partial charge on any atom is 0.226 e. The molecule has 2 saturated carbocycles. The van der Waals surface area contributed by atoms with Gasteiger partial charge in [0.05, 0.1) is 0 Å². The van der Waals surface area contributed by atoms with E-state index in [4.69, 9.17) is 11.6 Å². The fraction of sp³-hybridized carbons (Fsp3) is 0.588. The van der Waals surface area contributed by atoms with Crippen molar-refractivity contribution in [2.45, 2.75) is 37.6 Å². The van der Waals surface area contributed by atoms with Crippen LogP contribution in [0.5, 0.6) is 0 Å². The van der Waals surface area contributed by atoms with Gasteiger partial charge in [-0.25, -0.2) is 0 Å². The van der Waals surface area contributed by atoms with Gasteiger partial charge in [-0.15, -0.1) is 11.6 Å². The minimum Gasteiger partial charge on any atom is -0.338 e. The summed E-state index contributed by atoms with van der Waals surface area (Å²) in [6.07, 6.45) is 4.65. The van der Waals surface area contributed by atoms with Crippen LogP contribution in [0.4, 0.5) is 0 Å². The minimum atomic E-state index is 0.238. The Hall–Kier alpha value is -1.02. The lowest BCUT2D eigenvalue weighted by molar-refractivity contribution is -0.133. The van der Waals surface area contributed by atoms with Gasteiger partial charge in [-0.05, 0) is 48.6 Å². The Morgan fingerprint density at radius 2 is 2.05 bits per heavy atom. The van der Waals surface area contributed by atoms with E-state index in [1.165, 1.54) is 30.4 Å². The van der Waals surface area contributed by atoms with Crippen LogP contribution in [0.2, 0.25) is 0 Å². The number of hydrogen-bond acceptors (Lipinski definition) is 1. The van der Waals surface area contributed by atoms with Crippen molar-refractivity contribution in [1.29, 1.82) is 0 Å². The molecule has 3 atom stereocenters. The molecule has 0 aromatic heterocycles. The zero-order chi connectivity index (χ0) is 13.7. The van der Waals surface area contributed by atoms with E-state index in [2.05, 4.69) is 29.2 Å². The first-order valence-electron chi connectivity index (χ1n) is 7.75. The predicted octanol–water partition coefficient (Wildman–Crippen LogP) is 3.19. The lowest BCUT2D eigenvalue weighted by Crippen LogP contribution is -2.36. The van der Waals surface area contributed by atoms with Gasteiger partial charge in [0, 0.05) is 24.4 Å². The van der Waals surface area contributed by atoms with Crippen LogP contribution in [-0.4, -0.2) is 29.3 Å². The van der Waals surface area contributed by atoms with Gasteiger partial charge >= 0.3 is 0 Å². The van der Waals surface area contributed by atoms with Gasteiger partial charge in [0.25, 0.3) is 0 Å². The molecule has 3 heteroatoms. The van der Waals surface area contributed by atoms with Crippen LogP contribution in [0, 0.1) is 11.8 Å². The number of alkyl halides is 1. The van der Waals surface area contributed by atoms with E-state index in [1.54, 1.807) is 0 Å². The quantitative estimate of drug-likeness (QED) is 0.780. The van der Waals surface area contributed by atoms with E-state index >= 15 is 0 Å². The Labute approximate surface area is 125 Å². The molecule has 0 N–H and O–H groups in total. The summed E-state index contributed by atoms with van der Waals surface area (Å²) in [6, 6.07) is 9.16. The highest BCUT2D eigenvalue weighted by molar-refractivity contribution is 6.18. The summed E-state index contributed by atoms with van der Waals surface area (Å²) in [7, 11) is 0. The van der Waals surface area contributed by atoms with Crippen LogP contribution >= 0.6 is 11.6 Å². The van der Waals surface area contributed by atoms with Gasteiger partial charge in [-0.2, -0.15) is 0 Å². The monoisotopic (exact) mass is 289 g/mol. The van der Waals surface area contributed by atoms with Gasteiger partial charge in [0.15, 0.2) is 0 Å². The third kappa shape index (κ3) is 1.96. The first-order chi connectivity index (χ1) is 9.81. The normalized spacial score (nSPS) is 30.4. The van der Waals surface area contributed by atoms with E-state index < -0.39 is 0 Å². The molecule has 3 aliphatic rings. The Bertz CT molecular complexity index is 540. The number of carbonyl (C=O) groups excluding carboxylic acids is 1. The van der Waals surface area contributed by atoms with E-state index in [1.807, 2.05) is 0 Å². The Morgan fingerprint density at radius 3 is 2.80 bits per heavy atom. The SMILES string of the molecule is O=C(C1C2CCc3ccccc3C21)N(CCCl)C1CC1. The molecule has 1 aromatic rings. The van der Waals surface area contributed by atoms with Gasteiger partial charge in [0.1, 0.15) is 0 Å². The first kappa shape index (κ1) is 12.7. The zero-order valence-electron chi connectivity index (χ0n) is 11.6. The number of fused-ring (bicyclic) bond motifs is 3. The molecule has 0 aliphatic heterocycles. The largest absolute Gasteiger partial charge is 0.338 e. The van der Waals surface area contributed by atoms with Crippen LogP contribution < -0.4 is 0 Å². The smallest absolute Gasteiger partial charge is 0.226 e. The summed E-state index contributed by atoms with van der Waals surface area (Å²) in [5.74, 6) is 2.25. The third-order valence-corrected chi connectivity index (χ3v) is 5.38. The summed E-state index contributed by atoms with van der Waals surface area (Å²) >= 11 is 5.88. The molecule has 4 rings (SSSR count). The molecule has 0 radical (unpaired) electrons. The van der Waals surface area contributed by atoms with E-state index in [0.29, 0.717) is 29.7 Å². The van der Waals surface area contributed by atoms with Crippen LogP contribution in [0.3, 0.4) is 0 Å². The Balaban J connectivity index is 1.55. The fourth-order valence-corrected chi connectivity index (χ4v) is 4.23. The number of hydrogen-bond donors (Lipinski definition) is 0. The number of aryl methyl sites for hydroxylation is 1. The van der Waals surface area contributed by atoms with Crippen molar-refractivity contribution >= 4 is 17.5 Å². The second-order valence-electron chi connectivity index (χ2n) is 6.40. The van der Waals surface area contributed by atoms with E-state index in [9.17, 15) is 4.79 Å². The molecule has 1 amide bonds. The Kier molecular flexibility index (Phi) is 3.03. The lowest BCUT2D eigenvalue weighted by Gasteiger charge is -2.21. The van der Waals surface area contributed by atoms with Crippen LogP contribution in [0.15, 0.2) is 24.3 Å². The molecule has 1 aromatic carbocycles. The molecule has 3 aliphatic carbocycles. The highest BCUT2D eigenvalue weighted by Gasteiger charge is 2.58. The average Bonchev–Trinajstić information content (AvgIpc) is 3.37. The van der Waals surface area contributed by atoms with E-state index in [-0.39, 0.29) is 5.92 Å². The molecule has 0 saturated heterocycles. The van der Waals surface area contributed by atoms with Gasteiger partial charge < -0.3 is 4.90 Å². The van der Waals surface area contributed by atoms with Crippen molar-refractivity contribution < 1.29 is 4.79 Å². The summed E-state index contributed by atoms with van der Waals surface area (Å²) in [6.45, 7) is 0.725. The van der Waals surface area contributed by atoms with Crippen molar-refractivity contribution in [2.24, 2.45) is 11.8 Å². The second kappa shape index (κ2) is 4.77. The third-order valence-electron chi connectivity index (χ3n) is 5.21. The van der Waals surface area contributed by atoms with Gasteiger partial charge in [-0.1, -0.05) is 24.3 Å². The maximum absolute atomic E-state index is 12.8. The van der Waals surface area contributed by atoms with E-state index in [0.717, 1.165) is 13.0 Å². The van der Waals surface area contributed by atoms with Gasteiger partial charge in [-0.3, -0.25) is 4.79 Å².